The summed E-state index contributed by atoms with van der Waals surface area (Å²) in [6, 6.07) is 16.0. The Labute approximate surface area is 133 Å². The molecular weight excluding hydrogens is 264 g/mol. The van der Waals surface area contributed by atoms with E-state index in [4.69, 9.17) is 0 Å². The van der Waals surface area contributed by atoms with Crippen LogP contribution in [0, 0.1) is 35.5 Å². The van der Waals surface area contributed by atoms with E-state index in [1.807, 2.05) is 55.5 Å². The van der Waals surface area contributed by atoms with Crippen molar-refractivity contribution in [2.45, 2.75) is 26.7 Å². The molecule has 0 bridgehead atoms. The van der Waals surface area contributed by atoms with Crippen molar-refractivity contribution in [3.8, 4) is 35.5 Å². The molecule has 0 aliphatic rings. The molecule has 0 heteroatoms. The van der Waals surface area contributed by atoms with E-state index in [1.54, 1.807) is 0 Å². The van der Waals surface area contributed by atoms with Gasteiger partial charge in [-0.1, -0.05) is 36.5 Å². The Morgan fingerprint density at radius 3 is 1.45 bits per heavy atom. The van der Waals surface area contributed by atoms with Gasteiger partial charge in [0, 0.05) is 28.7 Å². The van der Waals surface area contributed by atoms with Crippen LogP contribution < -0.4 is 0 Å². The molecule has 0 radical (unpaired) electrons. The second-order valence-electron chi connectivity index (χ2n) is 4.83. The average Bonchev–Trinajstić information content (AvgIpc) is 2.56. The SMILES string of the molecule is CC#Cc1ccc(C#Cc2ccc(C#CCCC)cc2)cc1. The quantitative estimate of drug-likeness (QED) is 0.670. The summed E-state index contributed by atoms with van der Waals surface area (Å²) < 4.78 is 0. The fourth-order valence-electron chi connectivity index (χ4n) is 1.85. The molecule has 106 valence electrons. The van der Waals surface area contributed by atoms with Crippen LogP contribution in [-0.4, -0.2) is 0 Å². The van der Waals surface area contributed by atoms with Crippen molar-refractivity contribution in [3.05, 3.63) is 70.8 Å². The van der Waals surface area contributed by atoms with Crippen molar-refractivity contribution in [1.82, 2.24) is 0 Å². The van der Waals surface area contributed by atoms with Crippen LogP contribution in [0.2, 0.25) is 0 Å². The predicted octanol–water partition coefficient (Wildman–Crippen LogP) is 4.61. The van der Waals surface area contributed by atoms with Gasteiger partial charge in [0.15, 0.2) is 0 Å². The summed E-state index contributed by atoms with van der Waals surface area (Å²) in [6.45, 7) is 3.97. The lowest BCUT2D eigenvalue weighted by atomic mass is 10.1. The molecular formula is C22H18. The Bertz CT molecular complexity index is 787. The maximum Gasteiger partial charge on any atom is 0.0249 e. The van der Waals surface area contributed by atoms with E-state index < -0.39 is 0 Å². The summed E-state index contributed by atoms with van der Waals surface area (Å²) in [6.07, 6.45) is 2.04. The Hall–Kier alpha value is -2.88. The molecule has 0 fully saturated rings. The smallest absolute Gasteiger partial charge is 0.0249 e. The third-order valence-corrected chi connectivity index (χ3v) is 3.00. The van der Waals surface area contributed by atoms with Crippen LogP contribution in [0.3, 0.4) is 0 Å². The molecule has 0 nitrogen and oxygen atoms in total. The van der Waals surface area contributed by atoms with Crippen LogP contribution >= 0.6 is 0 Å². The molecule has 0 atom stereocenters. The average molecular weight is 282 g/mol. The van der Waals surface area contributed by atoms with Gasteiger partial charge in [-0.25, -0.2) is 0 Å². The Morgan fingerprint density at radius 2 is 1.05 bits per heavy atom. The van der Waals surface area contributed by atoms with Crippen LogP contribution in [0.1, 0.15) is 48.9 Å². The Morgan fingerprint density at radius 1 is 0.636 bits per heavy atom. The molecule has 0 saturated carbocycles. The third-order valence-electron chi connectivity index (χ3n) is 3.00. The number of benzene rings is 2. The van der Waals surface area contributed by atoms with Crippen LogP contribution in [0.5, 0.6) is 0 Å². The second-order valence-corrected chi connectivity index (χ2v) is 4.83. The summed E-state index contributed by atoms with van der Waals surface area (Å²) in [5.74, 6) is 18.6. The highest BCUT2D eigenvalue weighted by Gasteiger charge is 1.90. The minimum atomic E-state index is 0.944. The summed E-state index contributed by atoms with van der Waals surface area (Å²) in [7, 11) is 0. The van der Waals surface area contributed by atoms with Gasteiger partial charge in [0.05, 0.1) is 0 Å². The number of hydrogen-bond acceptors (Lipinski definition) is 0. The van der Waals surface area contributed by atoms with Crippen LogP contribution in [-0.2, 0) is 0 Å². The highest BCUT2D eigenvalue weighted by Crippen LogP contribution is 2.05. The highest BCUT2D eigenvalue weighted by atomic mass is 13.9. The van der Waals surface area contributed by atoms with Gasteiger partial charge in [-0.2, -0.15) is 0 Å². The standard InChI is InChI=1S/C22H18/c1-3-5-6-8-20-11-15-22(16-12-20)18-17-21-13-9-19(7-4-2)10-14-21/h9-16H,3,5H2,1-2H3. The Kier molecular flexibility index (Phi) is 5.93. The normalized spacial score (nSPS) is 8.64. The molecule has 0 N–H and O–H groups in total. The molecule has 0 heterocycles. The molecule has 2 aromatic rings. The first-order valence-electron chi connectivity index (χ1n) is 7.45. The minimum Gasteiger partial charge on any atom is -0.101 e. The van der Waals surface area contributed by atoms with E-state index in [0.717, 1.165) is 35.1 Å². The van der Waals surface area contributed by atoms with Crippen LogP contribution in [0.25, 0.3) is 0 Å². The van der Waals surface area contributed by atoms with Gasteiger partial charge in [0.1, 0.15) is 0 Å². The molecule has 0 aliphatic carbocycles. The zero-order valence-corrected chi connectivity index (χ0v) is 13.0. The molecule has 2 rings (SSSR count). The maximum absolute atomic E-state index is 3.17. The van der Waals surface area contributed by atoms with Crippen molar-refractivity contribution in [1.29, 1.82) is 0 Å². The largest absolute Gasteiger partial charge is 0.101 e. The first-order valence-corrected chi connectivity index (χ1v) is 7.45. The maximum atomic E-state index is 3.17. The predicted molar refractivity (Wildman–Crippen MR) is 93.2 cm³/mol. The van der Waals surface area contributed by atoms with Gasteiger partial charge in [-0.3, -0.25) is 0 Å². The summed E-state index contributed by atoms with van der Waals surface area (Å²) in [4.78, 5) is 0. The lowest BCUT2D eigenvalue weighted by Gasteiger charge is -1.93. The van der Waals surface area contributed by atoms with E-state index >= 15 is 0 Å². The fourth-order valence-corrected chi connectivity index (χ4v) is 1.85. The van der Waals surface area contributed by atoms with Crippen LogP contribution in [0.4, 0.5) is 0 Å². The van der Waals surface area contributed by atoms with E-state index in [0.29, 0.717) is 0 Å². The van der Waals surface area contributed by atoms with E-state index in [2.05, 4.69) is 42.4 Å². The number of hydrogen-bond donors (Lipinski definition) is 0. The first kappa shape index (κ1) is 15.5. The summed E-state index contributed by atoms with van der Waals surface area (Å²) in [5, 5.41) is 0. The second kappa shape index (κ2) is 8.42. The Balaban J connectivity index is 2.08. The number of unbranched alkanes of at least 4 members (excludes halogenated alkanes) is 1. The van der Waals surface area contributed by atoms with E-state index in [9.17, 15) is 0 Å². The van der Waals surface area contributed by atoms with Crippen molar-refractivity contribution < 1.29 is 0 Å². The van der Waals surface area contributed by atoms with E-state index in [-0.39, 0.29) is 0 Å². The molecule has 0 amide bonds. The van der Waals surface area contributed by atoms with Gasteiger partial charge < -0.3 is 0 Å². The first-order chi connectivity index (χ1) is 10.8. The molecule has 22 heavy (non-hydrogen) atoms. The number of rotatable bonds is 1. The van der Waals surface area contributed by atoms with Crippen molar-refractivity contribution in [2.75, 3.05) is 0 Å². The molecule has 0 aromatic heterocycles. The minimum absolute atomic E-state index is 0.944. The van der Waals surface area contributed by atoms with E-state index in [1.165, 1.54) is 0 Å². The van der Waals surface area contributed by atoms with Crippen molar-refractivity contribution >= 4 is 0 Å². The van der Waals surface area contributed by atoms with Gasteiger partial charge in [-0.05, 0) is 61.9 Å². The zero-order chi connectivity index (χ0) is 15.6. The topological polar surface area (TPSA) is 0 Å². The van der Waals surface area contributed by atoms with Crippen LogP contribution in [0.15, 0.2) is 48.5 Å². The third kappa shape index (κ3) is 4.90. The summed E-state index contributed by atoms with van der Waals surface area (Å²) >= 11 is 0. The van der Waals surface area contributed by atoms with Gasteiger partial charge in [0.2, 0.25) is 0 Å². The van der Waals surface area contributed by atoms with Crippen molar-refractivity contribution in [3.63, 3.8) is 0 Å². The van der Waals surface area contributed by atoms with Crippen molar-refractivity contribution in [2.24, 2.45) is 0 Å². The monoisotopic (exact) mass is 282 g/mol. The molecule has 0 unspecified atom stereocenters. The lowest BCUT2D eigenvalue weighted by molar-refractivity contribution is 0.983. The molecule has 0 aliphatic heterocycles. The highest BCUT2D eigenvalue weighted by molar-refractivity contribution is 5.47. The lowest BCUT2D eigenvalue weighted by Crippen LogP contribution is -1.79. The fraction of sp³-hybridized carbons (Fsp3) is 0.182. The summed E-state index contributed by atoms with van der Waals surface area (Å²) in [5.41, 5.74) is 4.05. The molecule has 2 aromatic carbocycles. The van der Waals surface area contributed by atoms with Gasteiger partial charge in [-0.15, -0.1) is 5.92 Å². The van der Waals surface area contributed by atoms with Gasteiger partial charge in [0.25, 0.3) is 0 Å². The zero-order valence-electron chi connectivity index (χ0n) is 13.0. The molecule has 0 saturated heterocycles. The van der Waals surface area contributed by atoms with Gasteiger partial charge >= 0.3 is 0 Å². The molecule has 0 spiro atoms.